The van der Waals surface area contributed by atoms with E-state index in [0.29, 0.717) is 18.4 Å². The van der Waals surface area contributed by atoms with Gasteiger partial charge in [0.15, 0.2) is 0 Å². The normalized spacial score (nSPS) is 41.3. The highest BCUT2D eigenvalue weighted by Crippen LogP contribution is 2.35. The van der Waals surface area contributed by atoms with E-state index in [2.05, 4.69) is 26.7 Å². The third kappa shape index (κ3) is 4.84. The third-order valence-electron chi connectivity index (χ3n) is 4.89. The summed E-state index contributed by atoms with van der Waals surface area (Å²) in [6, 6.07) is 0.0946. The summed E-state index contributed by atoms with van der Waals surface area (Å²) in [5, 5.41) is 21.4. The lowest BCUT2D eigenvalue weighted by atomic mass is 9.95. The van der Waals surface area contributed by atoms with Crippen LogP contribution in [0.25, 0.3) is 0 Å². The largest absolute Gasteiger partial charge is 0.335 e. The first-order valence-electron chi connectivity index (χ1n) is 8.32. The van der Waals surface area contributed by atoms with Crippen LogP contribution in [-0.4, -0.2) is 46.5 Å². The van der Waals surface area contributed by atoms with Crippen molar-refractivity contribution in [2.24, 2.45) is 5.92 Å². The molecule has 6 atom stereocenters. The van der Waals surface area contributed by atoms with Crippen molar-refractivity contribution in [3.05, 3.63) is 0 Å². The molecule has 3 rings (SSSR count). The van der Waals surface area contributed by atoms with Gasteiger partial charge < -0.3 is 15.8 Å². The van der Waals surface area contributed by atoms with Gasteiger partial charge in [-0.05, 0) is 44.4 Å². The Morgan fingerprint density at radius 3 is 2.43 bits per heavy atom. The fourth-order valence-corrected chi connectivity index (χ4v) is 3.99. The molecule has 0 bridgehead atoms. The van der Waals surface area contributed by atoms with E-state index >= 15 is 0 Å². The molecule has 3 fully saturated rings. The van der Waals surface area contributed by atoms with Crippen molar-refractivity contribution in [1.82, 2.24) is 26.7 Å². The molecule has 2 amide bonds. The molecule has 0 radical (unpaired) electrons. The van der Waals surface area contributed by atoms with E-state index < -0.39 is 0 Å². The summed E-state index contributed by atoms with van der Waals surface area (Å²) in [7, 11) is 0. The van der Waals surface area contributed by atoms with Crippen molar-refractivity contribution < 1.29 is 10.0 Å². The number of rotatable bonds is 4. The molecule has 3 aliphatic rings. The topological polar surface area (TPSA) is 97.5 Å². The maximum atomic E-state index is 12.2. The average Bonchev–Trinajstić information content (AvgIpc) is 3.35. The SMILES string of the molecule is O=C(NC1CCC(Cl)C(Cl)C1)NC1NC(NO)CC(C2CC2)N1. The van der Waals surface area contributed by atoms with E-state index in [1.807, 2.05) is 0 Å². The van der Waals surface area contributed by atoms with E-state index in [9.17, 15) is 10.0 Å². The lowest BCUT2D eigenvalue weighted by Crippen LogP contribution is -2.69. The van der Waals surface area contributed by atoms with Crippen molar-refractivity contribution in [2.75, 3.05) is 0 Å². The minimum absolute atomic E-state index is 0.0184. The molecular formula is C14H25Cl2N5O2. The Morgan fingerprint density at radius 2 is 1.78 bits per heavy atom. The lowest BCUT2D eigenvalue weighted by molar-refractivity contribution is 0.0606. The molecule has 132 valence electrons. The van der Waals surface area contributed by atoms with Gasteiger partial charge in [-0.1, -0.05) is 0 Å². The van der Waals surface area contributed by atoms with Crippen molar-refractivity contribution in [1.29, 1.82) is 0 Å². The van der Waals surface area contributed by atoms with Crippen LogP contribution in [0.5, 0.6) is 0 Å². The van der Waals surface area contributed by atoms with Crippen molar-refractivity contribution in [2.45, 2.75) is 73.8 Å². The summed E-state index contributed by atoms with van der Waals surface area (Å²) in [5.41, 5.74) is 2.26. The van der Waals surface area contributed by atoms with Crippen LogP contribution >= 0.6 is 23.2 Å². The first kappa shape index (κ1) is 17.5. The Bertz CT molecular complexity index is 426. The second-order valence-electron chi connectivity index (χ2n) is 6.79. The van der Waals surface area contributed by atoms with Gasteiger partial charge in [-0.15, -0.1) is 23.2 Å². The zero-order chi connectivity index (χ0) is 16.4. The smallest absolute Gasteiger partial charge is 0.317 e. The summed E-state index contributed by atoms with van der Waals surface area (Å²) < 4.78 is 0. The van der Waals surface area contributed by atoms with Crippen LogP contribution < -0.4 is 26.7 Å². The highest BCUT2D eigenvalue weighted by Gasteiger charge is 2.38. The molecule has 6 unspecified atom stereocenters. The van der Waals surface area contributed by atoms with Gasteiger partial charge in [0.25, 0.3) is 0 Å². The highest BCUT2D eigenvalue weighted by atomic mass is 35.5. The second kappa shape index (κ2) is 7.72. The van der Waals surface area contributed by atoms with Gasteiger partial charge in [0.1, 0.15) is 6.29 Å². The Hall–Kier alpha value is -0.310. The second-order valence-corrected chi connectivity index (χ2v) is 7.91. The first-order valence-corrected chi connectivity index (χ1v) is 9.19. The number of hydrogen-bond acceptors (Lipinski definition) is 5. The van der Waals surface area contributed by atoms with E-state index in [-0.39, 0.29) is 35.3 Å². The molecule has 0 aromatic heterocycles. The first-order chi connectivity index (χ1) is 11.0. The molecule has 6 N–H and O–H groups in total. The van der Waals surface area contributed by atoms with E-state index in [1.54, 1.807) is 0 Å². The molecule has 0 aromatic carbocycles. The monoisotopic (exact) mass is 365 g/mol. The number of hydrogen-bond donors (Lipinski definition) is 6. The number of amides is 2. The van der Waals surface area contributed by atoms with Crippen molar-refractivity contribution >= 4 is 29.2 Å². The maximum absolute atomic E-state index is 12.2. The van der Waals surface area contributed by atoms with Crippen LogP contribution in [0.4, 0.5) is 4.79 Å². The number of urea groups is 1. The van der Waals surface area contributed by atoms with Crippen LogP contribution in [-0.2, 0) is 0 Å². The van der Waals surface area contributed by atoms with Crippen LogP contribution in [0.1, 0.15) is 38.5 Å². The summed E-state index contributed by atoms with van der Waals surface area (Å²) in [4.78, 5) is 12.2. The lowest BCUT2D eigenvalue weighted by Gasteiger charge is -2.38. The van der Waals surface area contributed by atoms with E-state index in [4.69, 9.17) is 23.2 Å². The van der Waals surface area contributed by atoms with Crippen LogP contribution in [0, 0.1) is 5.92 Å². The average molecular weight is 366 g/mol. The highest BCUT2D eigenvalue weighted by molar-refractivity contribution is 6.30. The fourth-order valence-electron chi connectivity index (χ4n) is 3.42. The predicted molar refractivity (Wildman–Crippen MR) is 88.5 cm³/mol. The minimum atomic E-state index is -0.379. The number of carbonyl (C=O) groups excluding carboxylic acids is 1. The summed E-state index contributed by atoms with van der Waals surface area (Å²) in [5.74, 6) is 0.635. The summed E-state index contributed by atoms with van der Waals surface area (Å²) >= 11 is 12.3. The van der Waals surface area contributed by atoms with Crippen molar-refractivity contribution in [3.8, 4) is 0 Å². The van der Waals surface area contributed by atoms with Crippen molar-refractivity contribution in [3.63, 3.8) is 0 Å². The van der Waals surface area contributed by atoms with Gasteiger partial charge in [0.2, 0.25) is 0 Å². The molecular weight excluding hydrogens is 341 g/mol. The standard InChI is InChI=1S/C14H25Cl2N5O2/c15-9-4-3-8(5-10(9)16)17-14(22)20-13-18-11(7-1-2-7)6-12(19-13)21-23/h7-13,18-19,21,23H,1-6H2,(H2,17,20,22). The molecule has 7 nitrogen and oxygen atoms in total. The molecule has 23 heavy (non-hydrogen) atoms. The number of alkyl halides is 2. The summed E-state index contributed by atoms with van der Waals surface area (Å²) in [6.45, 7) is 0. The van der Waals surface area contributed by atoms with Gasteiger partial charge in [0.05, 0.1) is 16.9 Å². The molecule has 0 spiro atoms. The van der Waals surface area contributed by atoms with Crippen LogP contribution in [0.2, 0.25) is 0 Å². The van der Waals surface area contributed by atoms with Crippen LogP contribution in [0.15, 0.2) is 0 Å². The number of carbonyl (C=O) groups is 1. The Kier molecular flexibility index (Phi) is 5.87. The molecule has 0 aromatic rings. The Morgan fingerprint density at radius 1 is 1.00 bits per heavy atom. The van der Waals surface area contributed by atoms with E-state index in [1.165, 1.54) is 12.8 Å². The molecule has 2 saturated carbocycles. The molecule has 1 aliphatic heterocycles. The van der Waals surface area contributed by atoms with Crippen LogP contribution in [0.3, 0.4) is 0 Å². The molecule has 1 heterocycles. The maximum Gasteiger partial charge on any atom is 0.317 e. The minimum Gasteiger partial charge on any atom is -0.335 e. The summed E-state index contributed by atoms with van der Waals surface area (Å²) in [6.07, 6.45) is 4.90. The Balaban J connectivity index is 1.46. The van der Waals surface area contributed by atoms with Gasteiger partial charge in [-0.25, -0.2) is 4.79 Å². The number of halogens is 2. The Labute approximate surface area is 146 Å². The number of nitrogens with one attached hydrogen (secondary N) is 5. The zero-order valence-corrected chi connectivity index (χ0v) is 14.4. The number of hydroxylamine groups is 1. The quantitative estimate of drug-likeness (QED) is 0.330. The van der Waals surface area contributed by atoms with Gasteiger partial charge in [-0.2, -0.15) is 5.48 Å². The van der Waals surface area contributed by atoms with E-state index in [0.717, 1.165) is 19.3 Å². The van der Waals surface area contributed by atoms with Gasteiger partial charge >= 0.3 is 6.03 Å². The molecule has 1 saturated heterocycles. The fraction of sp³-hybridized carbons (Fsp3) is 0.929. The zero-order valence-electron chi connectivity index (χ0n) is 12.9. The van der Waals surface area contributed by atoms with Gasteiger partial charge in [-0.3, -0.25) is 10.6 Å². The predicted octanol–water partition coefficient (Wildman–Crippen LogP) is 1.00. The van der Waals surface area contributed by atoms with Gasteiger partial charge in [0, 0.05) is 12.1 Å². The molecule has 9 heteroatoms. The molecule has 2 aliphatic carbocycles. The third-order valence-corrected chi connectivity index (χ3v) is 6.02.